The second kappa shape index (κ2) is 7.12. The molecular formula is C21H22N4O. The topological polar surface area (TPSA) is 58.1 Å². The maximum absolute atomic E-state index is 13.1. The van der Waals surface area contributed by atoms with Gasteiger partial charge in [0.05, 0.1) is 11.0 Å². The Morgan fingerprint density at radius 1 is 1.00 bits per heavy atom. The minimum absolute atomic E-state index is 0.203. The minimum Gasteiger partial charge on any atom is -0.355 e. The Morgan fingerprint density at radius 3 is 2.38 bits per heavy atom. The van der Waals surface area contributed by atoms with E-state index in [1.807, 2.05) is 48.5 Å². The fraction of sp³-hybridized carbons (Fsp3) is 0.286. The van der Waals surface area contributed by atoms with E-state index in [-0.39, 0.29) is 5.91 Å². The molecule has 1 fully saturated rings. The first-order valence-electron chi connectivity index (χ1n) is 9.17. The van der Waals surface area contributed by atoms with Crippen LogP contribution in [0.15, 0.2) is 48.5 Å². The normalized spacial score (nSPS) is 14.0. The van der Waals surface area contributed by atoms with Crippen molar-refractivity contribution < 1.29 is 4.79 Å². The third-order valence-electron chi connectivity index (χ3n) is 4.82. The fourth-order valence-electron chi connectivity index (χ4n) is 3.42. The van der Waals surface area contributed by atoms with Crippen molar-refractivity contribution in [1.29, 1.82) is 0 Å². The Morgan fingerprint density at radius 2 is 1.65 bits per heavy atom. The number of benzene rings is 2. The van der Waals surface area contributed by atoms with Gasteiger partial charge in [0.15, 0.2) is 11.5 Å². The van der Waals surface area contributed by atoms with Gasteiger partial charge in [-0.2, -0.15) is 0 Å². The van der Waals surface area contributed by atoms with Crippen LogP contribution in [0.5, 0.6) is 0 Å². The molecular weight excluding hydrogens is 324 g/mol. The minimum atomic E-state index is -0.203. The van der Waals surface area contributed by atoms with Crippen molar-refractivity contribution >= 4 is 28.4 Å². The first-order valence-corrected chi connectivity index (χ1v) is 9.17. The van der Waals surface area contributed by atoms with Crippen LogP contribution in [0.4, 0.5) is 11.5 Å². The van der Waals surface area contributed by atoms with Crippen molar-refractivity contribution in [2.24, 2.45) is 0 Å². The maximum atomic E-state index is 13.1. The van der Waals surface area contributed by atoms with Crippen LogP contribution in [0.1, 0.15) is 35.8 Å². The van der Waals surface area contributed by atoms with Crippen molar-refractivity contribution in [1.82, 2.24) is 9.97 Å². The molecule has 1 aliphatic rings. The van der Waals surface area contributed by atoms with Gasteiger partial charge < -0.3 is 10.2 Å². The largest absolute Gasteiger partial charge is 0.355 e. The number of nitrogens with zero attached hydrogens (tertiary/aromatic N) is 3. The zero-order valence-electron chi connectivity index (χ0n) is 14.9. The highest BCUT2D eigenvalue weighted by molar-refractivity contribution is 6.07. The fourth-order valence-corrected chi connectivity index (χ4v) is 3.42. The summed E-state index contributed by atoms with van der Waals surface area (Å²) in [6.07, 6.45) is 3.10. The molecule has 1 saturated heterocycles. The second-order valence-electron chi connectivity index (χ2n) is 6.54. The lowest BCUT2D eigenvalue weighted by atomic mass is 10.1. The third-order valence-corrected chi connectivity index (χ3v) is 4.82. The molecule has 2 heterocycles. The van der Waals surface area contributed by atoms with E-state index in [0.717, 1.165) is 54.6 Å². The summed E-state index contributed by atoms with van der Waals surface area (Å²) in [7, 11) is 0. The summed E-state index contributed by atoms with van der Waals surface area (Å²) in [5.41, 5.74) is 3.90. The number of anilines is 2. The standard InChI is InChI=1S/C21H22N4O/c1-2-15-9-3-4-10-16(15)24-21(26)19-20(25-13-7-8-14-25)23-18-12-6-5-11-17(18)22-19/h3-6,9-12H,2,7-8,13-14H2,1H3,(H,24,26). The quantitative estimate of drug-likeness (QED) is 0.774. The monoisotopic (exact) mass is 346 g/mol. The van der Waals surface area contributed by atoms with E-state index in [9.17, 15) is 4.79 Å². The van der Waals surface area contributed by atoms with Gasteiger partial charge in [0.25, 0.3) is 5.91 Å². The van der Waals surface area contributed by atoms with Crippen molar-refractivity contribution in [3.63, 3.8) is 0 Å². The average molecular weight is 346 g/mol. The number of carbonyl (C=O) groups excluding carboxylic acids is 1. The van der Waals surface area contributed by atoms with E-state index < -0.39 is 0 Å². The summed E-state index contributed by atoms with van der Waals surface area (Å²) in [5, 5.41) is 3.04. The molecule has 1 aromatic heterocycles. The molecule has 2 aromatic carbocycles. The molecule has 0 saturated carbocycles. The molecule has 0 spiro atoms. The Balaban J connectivity index is 1.76. The van der Waals surface area contributed by atoms with E-state index in [1.54, 1.807) is 0 Å². The summed E-state index contributed by atoms with van der Waals surface area (Å²) < 4.78 is 0. The van der Waals surface area contributed by atoms with Crippen LogP contribution >= 0.6 is 0 Å². The van der Waals surface area contributed by atoms with Gasteiger partial charge in [-0.3, -0.25) is 4.79 Å². The molecule has 0 atom stereocenters. The maximum Gasteiger partial charge on any atom is 0.278 e. The zero-order chi connectivity index (χ0) is 17.9. The van der Waals surface area contributed by atoms with Crippen LogP contribution in [0.2, 0.25) is 0 Å². The lowest BCUT2D eigenvalue weighted by Gasteiger charge is -2.20. The summed E-state index contributed by atoms with van der Waals surface area (Å²) in [4.78, 5) is 24.7. The summed E-state index contributed by atoms with van der Waals surface area (Å²) in [6.45, 7) is 3.91. The summed E-state index contributed by atoms with van der Waals surface area (Å²) in [5.74, 6) is 0.485. The number of hydrogen-bond donors (Lipinski definition) is 1. The number of carbonyl (C=O) groups is 1. The van der Waals surface area contributed by atoms with Crippen molar-refractivity contribution in [3.05, 3.63) is 59.8 Å². The van der Waals surface area contributed by atoms with Crippen LogP contribution in [0.3, 0.4) is 0 Å². The molecule has 3 aromatic rings. The Labute approximate surface area is 153 Å². The lowest BCUT2D eigenvalue weighted by molar-refractivity contribution is 0.102. The molecule has 5 heteroatoms. The van der Waals surface area contributed by atoms with Gasteiger partial charge in [-0.25, -0.2) is 9.97 Å². The van der Waals surface area contributed by atoms with Crippen LogP contribution < -0.4 is 10.2 Å². The van der Waals surface area contributed by atoms with Crippen LogP contribution in [-0.2, 0) is 6.42 Å². The van der Waals surface area contributed by atoms with Gasteiger partial charge in [-0.1, -0.05) is 37.3 Å². The highest BCUT2D eigenvalue weighted by atomic mass is 16.1. The zero-order valence-corrected chi connectivity index (χ0v) is 14.9. The van der Waals surface area contributed by atoms with Crippen molar-refractivity contribution in [2.45, 2.75) is 26.2 Å². The SMILES string of the molecule is CCc1ccccc1NC(=O)c1nc2ccccc2nc1N1CCCC1. The van der Waals surface area contributed by atoms with E-state index in [0.29, 0.717) is 11.5 Å². The molecule has 4 rings (SSSR count). The molecule has 0 aliphatic carbocycles. The average Bonchev–Trinajstić information content (AvgIpc) is 3.22. The van der Waals surface area contributed by atoms with Gasteiger partial charge in [-0.05, 0) is 43.0 Å². The lowest BCUT2D eigenvalue weighted by Crippen LogP contribution is -2.25. The molecule has 26 heavy (non-hydrogen) atoms. The molecule has 1 aliphatic heterocycles. The highest BCUT2D eigenvalue weighted by Gasteiger charge is 2.24. The number of para-hydroxylation sites is 3. The molecule has 1 amide bonds. The first-order chi connectivity index (χ1) is 12.8. The third kappa shape index (κ3) is 3.12. The van der Waals surface area contributed by atoms with Crippen molar-refractivity contribution in [2.75, 3.05) is 23.3 Å². The van der Waals surface area contributed by atoms with E-state index >= 15 is 0 Å². The van der Waals surface area contributed by atoms with Crippen molar-refractivity contribution in [3.8, 4) is 0 Å². The molecule has 5 nitrogen and oxygen atoms in total. The Hall–Kier alpha value is -2.95. The Bertz CT molecular complexity index is 948. The van der Waals surface area contributed by atoms with Gasteiger partial charge in [0.2, 0.25) is 0 Å². The molecule has 0 radical (unpaired) electrons. The van der Waals surface area contributed by atoms with Crippen LogP contribution in [0, 0.1) is 0 Å². The van der Waals surface area contributed by atoms with Crippen LogP contribution in [0.25, 0.3) is 11.0 Å². The predicted octanol–water partition coefficient (Wildman–Crippen LogP) is 4.04. The first kappa shape index (κ1) is 16.5. The second-order valence-corrected chi connectivity index (χ2v) is 6.54. The molecule has 132 valence electrons. The number of fused-ring (bicyclic) bond motifs is 1. The number of hydrogen-bond acceptors (Lipinski definition) is 4. The summed E-state index contributed by atoms with van der Waals surface area (Å²) >= 11 is 0. The van der Waals surface area contributed by atoms with E-state index in [1.165, 1.54) is 0 Å². The van der Waals surface area contributed by atoms with E-state index in [4.69, 9.17) is 4.98 Å². The molecule has 0 bridgehead atoms. The van der Waals surface area contributed by atoms with Gasteiger partial charge in [-0.15, -0.1) is 0 Å². The predicted molar refractivity (Wildman–Crippen MR) is 105 cm³/mol. The number of amides is 1. The number of aryl methyl sites for hydroxylation is 1. The van der Waals surface area contributed by atoms with Crippen LogP contribution in [-0.4, -0.2) is 29.0 Å². The van der Waals surface area contributed by atoms with Gasteiger partial charge in [0.1, 0.15) is 0 Å². The number of nitrogens with one attached hydrogen (secondary N) is 1. The molecule has 0 unspecified atom stereocenters. The highest BCUT2D eigenvalue weighted by Crippen LogP contribution is 2.25. The number of aromatic nitrogens is 2. The molecule has 1 N–H and O–H groups in total. The van der Waals surface area contributed by atoms with E-state index in [2.05, 4.69) is 22.1 Å². The number of rotatable bonds is 4. The summed E-state index contributed by atoms with van der Waals surface area (Å²) in [6, 6.07) is 15.6. The Kier molecular flexibility index (Phi) is 4.52. The smallest absolute Gasteiger partial charge is 0.278 e. The van der Waals surface area contributed by atoms with Gasteiger partial charge in [0, 0.05) is 18.8 Å². The van der Waals surface area contributed by atoms with Gasteiger partial charge >= 0.3 is 0 Å².